The fourth-order valence-electron chi connectivity index (χ4n) is 4.41. The summed E-state index contributed by atoms with van der Waals surface area (Å²) in [5.74, 6) is -1.14. The number of aryl methyl sites for hydroxylation is 1. The molecule has 38 heavy (non-hydrogen) atoms. The molecular weight excluding hydrogens is 484 g/mol. The molecule has 0 radical (unpaired) electrons. The number of Topliss-reactive ketones (excluding diaryl/α,β-unsaturated/α-hetero) is 1. The number of aliphatic hydroxyl groups is 1. The number of aliphatic hydroxyl groups excluding tert-OH is 1. The lowest BCUT2D eigenvalue weighted by Gasteiger charge is -2.26. The highest BCUT2D eigenvalue weighted by molar-refractivity contribution is 6.51. The minimum absolute atomic E-state index is 0.0581. The Bertz CT molecular complexity index is 1580. The second-order valence-corrected chi connectivity index (χ2v) is 8.80. The van der Waals surface area contributed by atoms with Gasteiger partial charge in [-0.15, -0.1) is 0 Å². The maximum Gasteiger partial charge on any atom is 0.300 e. The average molecular weight is 507 g/mol. The van der Waals surface area contributed by atoms with Crippen LogP contribution in [-0.2, 0) is 9.59 Å². The molecule has 1 heterocycles. The van der Waals surface area contributed by atoms with Crippen molar-refractivity contribution >= 4 is 28.8 Å². The van der Waals surface area contributed by atoms with E-state index in [4.69, 9.17) is 4.74 Å². The normalized spacial score (nSPS) is 16.4. The first-order valence-electron chi connectivity index (χ1n) is 11.8. The molecule has 4 aromatic rings. The standard InChI is InChI=1S/C30H22N2O6/c1-19-13-15-22(16-14-19)31-27(20-7-6-12-25(18-20)38-24-10-3-2-4-11-24)26(29(34)30(31)35)28(33)21-8-5-9-23(17-21)32(36)37/h2-18,27,33H,1H3/b28-26-. The molecule has 0 aliphatic carbocycles. The molecule has 1 N–H and O–H groups in total. The van der Waals surface area contributed by atoms with Crippen LogP contribution in [0.4, 0.5) is 11.4 Å². The molecular formula is C30H22N2O6. The Morgan fingerprint density at radius 1 is 0.868 bits per heavy atom. The molecule has 8 nitrogen and oxygen atoms in total. The van der Waals surface area contributed by atoms with E-state index in [0.29, 0.717) is 22.7 Å². The predicted molar refractivity (Wildman–Crippen MR) is 142 cm³/mol. The van der Waals surface area contributed by atoms with Gasteiger partial charge in [0.25, 0.3) is 17.4 Å². The van der Waals surface area contributed by atoms with Crippen LogP contribution in [0.25, 0.3) is 5.76 Å². The van der Waals surface area contributed by atoms with E-state index in [9.17, 15) is 24.8 Å². The van der Waals surface area contributed by atoms with E-state index in [1.807, 2.05) is 37.3 Å². The molecule has 1 unspecified atom stereocenters. The summed E-state index contributed by atoms with van der Waals surface area (Å²) in [4.78, 5) is 38.8. The summed E-state index contributed by atoms with van der Waals surface area (Å²) in [6.45, 7) is 1.90. The van der Waals surface area contributed by atoms with Gasteiger partial charge in [0.15, 0.2) is 0 Å². The molecule has 1 amide bonds. The first-order chi connectivity index (χ1) is 18.3. The highest BCUT2D eigenvalue weighted by Gasteiger charge is 2.47. The van der Waals surface area contributed by atoms with E-state index in [-0.39, 0.29) is 16.8 Å². The van der Waals surface area contributed by atoms with Gasteiger partial charge in [-0.3, -0.25) is 24.6 Å². The molecule has 0 spiro atoms. The van der Waals surface area contributed by atoms with E-state index >= 15 is 0 Å². The summed E-state index contributed by atoms with van der Waals surface area (Å²) in [5, 5.41) is 22.6. The molecule has 188 valence electrons. The van der Waals surface area contributed by atoms with E-state index in [0.717, 1.165) is 5.56 Å². The number of para-hydroxylation sites is 1. The van der Waals surface area contributed by atoms with Crippen molar-refractivity contribution in [3.05, 3.63) is 136 Å². The van der Waals surface area contributed by atoms with E-state index in [2.05, 4.69) is 0 Å². The van der Waals surface area contributed by atoms with Crippen LogP contribution in [0, 0.1) is 17.0 Å². The number of nitro groups is 1. The maximum absolute atomic E-state index is 13.4. The molecule has 5 rings (SSSR count). The Hall–Kier alpha value is -5.24. The summed E-state index contributed by atoms with van der Waals surface area (Å²) >= 11 is 0. The number of ether oxygens (including phenoxy) is 1. The van der Waals surface area contributed by atoms with Gasteiger partial charge in [0.1, 0.15) is 17.3 Å². The third kappa shape index (κ3) is 4.62. The number of hydrogen-bond donors (Lipinski definition) is 1. The maximum atomic E-state index is 13.4. The van der Waals surface area contributed by atoms with Gasteiger partial charge in [-0.2, -0.15) is 0 Å². The number of anilines is 1. The fraction of sp³-hybridized carbons (Fsp3) is 0.0667. The number of non-ortho nitro benzene ring substituents is 1. The molecule has 1 aliphatic heterocycles. The van der Waals surface area contributed by atoms with Gasteiger partial charge >= 0.3 is 0 Å². The largest absolute Gasteiger partial charge is 0.507 e. The number of carbonyl (C=O) groups is 2. The predicted octanol–water partition coefficient (Wildman–Crippen LogP) is 6.32. The number of ketones is 1. The number of nitro benzene ring substituents is 1. The van der Waals surface area contributed by atoms with Crippen molar-refractivity contribution in [2.45, 2.75) is 13.0 Å². The van der Waals surface area contributed by atoms with Crippen molar-refractivity contribution in [1.82, 2.24) is 0 Å². The van der Waals surface area contributed by atoms with Gasteiger partial charge in [0.05, 0.1) is 16.5 Å². The fourth-order valence-corrected chi connectivity index (χ4v) is 4.41. The second kappa shape index (κ2) is 10.0. The number of hydrogen-bond acceptors (Lipinski definition) is 6. The molecule has 1 atom stereocenters. The van der Waals surface area contributed by atoms with E-state index in [1.54, 1.807) is 48.5 Å². The molecule has 0 aromatic heterocycles. The lowest BCUT2D eigenvalue weighted by molar-refractivity contribution is -0.384. The molecule has 1 fully saturated rings. The summed E-state index contributed by atoms with van der Waals surface area (Å²) in [6, 6.07) is 27.5. The van der Waals surface area contributed by atoms with Crippen molar-refractivity contribution in [1.29, 1.82) is 0 Å². The Morgan fingerprint density at radius 3 is 2.26 bits per heavy atom. The first kappa shape index (κ1) is 24.5. The Kier molecular flexibility index (Phi) is 6.45. The third-order valence-corrected chi connectivity index (χ3v) is 6.24. The number of nitrogens with zero attached hydrogens (tertiary/aromatic N) is 2. The summed E-state index contributed by atoms with van der Waals surface area (Å²) < 4.78 is 5.97. The average Bonchev–Trinajstić information content (AvgIpc) is 3.19. The van der Waals surface area contributed by atoms with Crippen LogP contribution in [0.2, 0.25) is 0 Å². The number of carbonyl (C=O) groups excluding carboxylic acids is 2. The van der Waals surface area contributed by atoms with Crippen LogP contribution in [0.15, 0.2) is 109 Å². The zero-order chi connectivity index (χ0) is 26.8. The van der Waals surface area contributed by atoms with Gasteiger partial charge in [-0.25, -0.2) is 0 Å². The smallest absolute Gasteiger partial charge is 0.300 e. The highest BCUT2D eigenvalue weighted by atomic mass is 16.6. The van der Waals surface area contributed by atoms with Crippen molar-refractivity contribution in [3.63, 3.8) is 0 Å². The summed E-state index contributed by atoms with van der Waals surface area (Å²) in [6.07, 6.45) is 0. The first-order valence-corrected chi connectivity index (χ1v) is 11.8. The van der Waals surface area contributed by atoms with Crippen molar-refractivity contribution in [2.24, 2.45) is 0 Å². The van der Waals surface area contributed by atoms with Crippen LogP contribution in [-0.4, -0.2) is 21.7 Å². The van der Waals surface area contributed by atoms with Crippen molar-refractivity contribution in [2.75, 3.05) is 4.90 Å². The van der Waals surface area contributed by atoms with Crippen LogP contribution in [0.5, 0.6) is 11.5 Å². The van der Waals surface area contributed by atoms with Crippen molar-refractivity contribution < 1.29 is 24.4 Å². The lowest BCUT2D eigenvalue weighted by Crippen LogP contribution is -2.29. The van der Waals surface area contributed by atoms with Gasteiger partial charge < -0.3 is 9.84 Å². The lowest BCUT2D eigenvalue weighted by atomic mass is 9.94. The van der Waals surface area contributed by atoms with Gasteiger partial charge in [-0.05, 0) is 48.9 Å². The van der Waals surface area contributed by atoms with Crippen LogP contribution < -0.4 is 9.64 Å². The quantitative estimate of drug-likeness (QED) is 0.108. The molecule has 0 saturated carbocycles. The Balaban J connectivity index is 1.68. The Morgan fingerprint density at radius 2 is 1.55 bits per heavy atom. The monoisotopic (exact) mass is 506 g/mol. The van der Waals surface area contributed by atoms with E-state index in [1.165, 1.54) is 29.2 Å². The van der Waals surface area contributed by atoms with Crippen LogP contribution >= 0.6 is 0 Å². The third-order valence-electron chi connectivity index (χ3n) is 6.24. The molecule has 0 bridgehead atoms. The second-order valence-electron chi connectivity index (χ2n) is 8.80. The molecule has 4 aromatic carbocycles. The van der Waals surface area contributed by atoms with Crippen LogP contribution in [0.3, 0.4) is 0 Å². The number of rotatable bonds is 6. The topological polar surface area (TPSA) is 110 Å². The SMILES string of the molecule is Cc1ccc(N2C(=O)C(=O)/C(=C(\O)c3cccc([N+](=O)[O-])c3)C2c2cccc(Oc3ccccc3)c2)cc1. The van der Waals surface area contributed by atoms with Crippen LogP contribution in [0.1, 0.15) is 22.7 Å². The van der Waals surface area contributed by atoms with Crippen molar-refractivity contribution in [3.8, 4) is 11.5 Å². The Labute approximate surface area is 218 Å². The van der Waals surface area contributed by atoms with Gasteiger partial charge in [0, 0.05) is 23.4 Å². The van der Waals surface area contributed by atoms with E-state index < -0.39 is 28.4 Å². The van der Waals surface area contributed by atoms with Gasteiger partial charge in [-0.1, -0.05) is 60.2 Å². The molecule has 8 heteroatoms. The summed E-state index contributed by atoms with van der Waals surface area (Å²) in [7, 11) is 0. The highest BCUT2D eigenvalue weighted by Crippen LogP contribution is 2.43. The molecule has 1 saturated heterocycles. The number of benzene rings is 4. The zero-order valence-electron chi connectivity index (χ0n) is 20.3. The van der Waals surface area contributed by atoms with Gasteiger partial charge in [0.2, 0.25) is 0 Å². The minimum atomic E-state index is -1.00. The number of amides is 1. The zero-order valence-corrected chi connectivity index (χ0v) is 20.3. The summed E-state index contributed by atoms with van der Waals surface area (Å²) in [5.41, 5.74) is 1.59. The minimum Gasteiger partial charge on any atom is -0.507 e. The molecule has 1 aliphatic rings.